The summed E-state index contributed by atoms with van der Waals surface area (Å²) in [5, 5.41) is 3.72. The molecule has 1 aromatic heterocycles. The number of hydrogen-bond donors (Lipinski definition) is 1. The Hall–Kier alpha value is -3.32. The monoisotopic (exact) mass is 452 g/mol. The van der Waals surface area contributed by atoms with E-state index >= 15 is 0 Å². The summed E-state index contributed by atoms with van der Waals surface area (Å²) in [5.74, 6) is 2.49. The number of benzene rings is 2. The van der Waals surface area contributed by atoms with Gasteiger partial charge < -0.3 is 19.7 Å². The zero-order valence-corrected chi connectivity index (χ0v) is 18.6. The number of methoxy groups -OCH3 is 1. The van der Waals surface area contributed by atoms with Crippen molar-refractivity contribution in [2.45, 2.75) is 19.4 Å². The van der Waals surface area contributed by atoms with E-state index in [0.29, 0.717) is 47.9 Å². The lowest BCUT2D eigenvalue weighted by atomic mass is 9.96. The standard InChI is InChI=1S/C24H25ClN4O3/c1-31-20-3-2-4-21(15-20)32-24-22(26-11-12-27-24)29-13-9-18(10-14-29)23(30)28-16-17-5-7-19(25)8-6-17/h2-8,11-12,15,18H,9-10,13-14,16H2,1H3,(H,28,30). The van der Waals surface area contributed by atoms with Gasteiger partial charge in [0.15, 0.2) is 5.82 Å². The molecule has 1 aliphatic rings. The molecular weight excluding hydrogens is 428 g/mol. The van der Waals surface area contributed by atoms with Crippen molar-refractivity contribution in [3.8, 4) is 17.4 Å². The predicted octanol–water partition coefficient (Wildman–Crippen LogP) is 4.46. The van der Waals surface area contributed by atoms with E-state index < -0.39 is 0 Å². The largest absolute Gasteiger partial charge is 0.497 e. The molecule has 0 atom stereocenters. The average molecular weight is 453 g/mol. The molecule has 1 saturated heterocycles. The SMILES string of the molecule is COc1cccc(Oc2nccnc2N2CCC(C(=O)NCc3ccc(Cl)cc3)CC2)c1. The van der Waals surface area contributed by atoms with Crippen LogP contribution >= 0.6 is 11.6 Å². The summed E-state index contributed by atoms with van der Waals surface area (Å²) in [6, 6.07) is 14.9. The van der Waals surface area contributed by atoms with Crippen molar-refractivity contribution in [1.82, 2.24) is 15.3 Å². The molecule has 1 N–H and O–H groups in total. The Balaban J connectivity index is 1.34. The van der Waals surface area contributed by atoms with Crippen LogP contribution in [0.1, 0.15) is 18.4 Å². The first-order chi connectivity index (χ1) is 15.6. The lowest BCUT2D eigenvalue weighted by Crippen LogP contribution is -2.40. The van der Waals surface area contributed by atoms with Crippen LogP contribution in [-0.2, 0) is 11.3 Å². The lowest BCUT2D eigenvalue weighted by Gasteiger charge is -2.32. The molecular formula is C24H25ClN4O3. The third-order valence-corrected chi connectivity index (χ3v) is 5.70. The quantitative estimate of drug-likeness (QED) is 0.570. The van der Waals surface area contributed by atoms with E-state index in [1.165, 1.54) is 0 Å². The first-order valence-corrected chi connectivity index (χ1v) is 10.9. The molecule has 0 radical (unpaired) electrons. The molecule has 32 heavy (non-hydrogen) atoms. The fourth-order valence-corrected chi connectivity index (χ4v) is 3.80. The molecule has 0 unspecified atom stereocenters. The summed E-state index contributed by atoms with van der Waals surface area (Å²) < 4.78 is 11.2. The van der Waals surface area contributed by atoms with Crippen LogP contribution in [0.4, 0.5) is 5.82 Å². The summed E-state index contributed by atoms with van der Waals surface area (Å²) in [5.41, 5.74) is 1.03. The van der Waals surface area contributed by atoms with Gasteiger partial charge in [-0.2, -0.15) is 0 Å². The van der Waals surface area contributed by atoms with Gasteiger partial charge in [0.05, 0.1) is 7.11 Å². The van der Waals surface area contributed by atoms with Crippen LogP contribution in [0.2, 0.25) is 5.02 Å². The number of ether oxygens (including phenoxy) is 2. The van der Waals surface area contributed by atoms with Crippen LogP contribution in [-0.4, -0.2) is 36.1 Å². The lowest BCUT2D eigenvalue weighted by molar-refractivity contribution is -0.125. The Kier molecular flexibility index (Phi) is 7.07. The number of hydrogen-bond acceptors (Lipinski definition) is 6. The van der Waals surface area contributed by atoms with Crippen LogP contribution in [0.25, 0.3) is 0 Å². The maximum atomic E-state index is 12.6. The Bertz CT molecular complexity index is 1050. The van der Waals surface area contributed by atoms with E-state index in [1.54, 1.807) is 25.6 Å². The molecule has 4 rings (SSSR count). The Morgan fingerprint density at radius 2 is 1.81 bits per heavy atom. The van der Waals surface area contributed by atoms with Crippen LogP contribution in [0.3, 0.4) is 0 Å². The van der Waals surface area contributed by atoms with Gasteiger partial charge in [0, 0.05) is 49.0 Å². The van der Waals surface area contributed by atoms with Gasteiger partial charge in [-0.1, -0.05) is 29.8 Å². The molecule has 166 valence electrons. The van der Waals surface area contributed by atoms with E-state index in [1.807, 2.05) is 42.5 Å². The van der Waals surface area contributed by atoms with Crippen molar-refractivity contribution in [1.29, 1.82) is 0 Å². The number of piperidine rings is 1. The number of carbonyl (C=O) groups excluding carboxylic acids is 1. The first kappa shape index (κ1) is 21.9. The third-order valence-electron chi connectivity index (χ3n) is 5.45. The number of carbonyl (C=O) groups is 1. The van der Waals surface area contributed by atoms with Crippen LogP contribution in [0, 0.1) is 5.92 Å². The fourth-order valence-electron chi connectivity index (χ4n) is 3.67. The van der Waals surface area contributed by atoms with Crippen molar-refractivity contribution < 1.29 is 14.3 Å². The van der Waals surface area contributed by atoms with E-state index in [-0.39, 0.29) is 11.8 Å². The Morgan fingerprint density at radius 1 is 1.09 bits per heavy atom. The average Bonchev–Trinajstić information content (AvgIpc) is 2.84. The molecule has 2 aromatic carbocycles. The van der Waals surface area contributed by atoms with Crippen LogP contribution in [0.15, 0.2) is 60.9 Å². The van der Waals surface area contributed by atoms with Crippen LogP contribution in [0.5, 0.6) is 17.4 Å². The van der Waals surface area contributed by atoms with Crippen molar-refractivity contribution in [3.05, 3.63) is 71.5 Å². The molecule has 0 spiro atoms. The summed E-state index contributed by atoms with van der Waals surface area (Å²) >= 11 is 5.91. The summed E-state index contributed by atoms with van der Waals surface area (Å²) in [7, 11) is 1.61. The van der Waals surface area contributed by atoms with Crippen molar-refractivity contribution in [2.75, 3.05) is 25.1 Å². The number of anilines is 1. The number of rotatable bonds is 7. The van der Waals surface area contributed by atoms with Crippen molar-refractivity contribution >= 4 is 23.3 Å². The fraction of sp³-hybridized carbons (Fsp3) is 0.292. The molecule has 0 bridgehead atoms. The number of amides is 1. The van der Waals surface area contributed by atoms with Crippen LogP contribution < -0.4 is 19.7 Å². The van der Waals surface area contributed by atoms with Gasteiger partial charge >= 0.3 is 0 Å². The summed E-state index contributed by atoms with van der Waals surface area (Å²) in [6.45, 7) is 1.90. The van der Waals surface area contributed by atoms with Crippen molar-refractivity contribution in [3.63, 3.8) is 0 Å². The van der Waals surface area contributed by atoms with Crippen molar-refractivity contribution in [2.24, 2.45) is 5.92 Å². The highest BCUT2D eigenvalue weighted by Gasteiger charge is 2.27. The van der Waals surface area contributed by atoms with Gasteiger partial charge in [-0.3, -0.25) is 4.79 Å². The topological polar surface area (TPSA) is 76.6 Å². The minimum atomic E-state index is -0.0297. The zero-order chi connectivity index (χ0) is 22.3. The molecule has 1 aliphatic heterocycles. The third kappa shape index (κ3) is 5.48. The molecule has 1 fully saturated rings. The minimum absolute atomic E-state index is 0.0297. The van der Waals surface area contributed by atoms with Gasteiger partial charge in [-0.25, -0.2) is 9.97 Å². The van der Waals surface area contributed by atoms with E-state index in [0.717, 1.165) is 18.4 Å². The van der Waals surface area contributed by atoms with E-state index in [4.69, 9.17) is 21.1 Å². The summed E-state index contributed by atoms with van der Waals surface area (Å²) in [4.78, 5) is 23.6. The molecule has 8 heteroatoms. The van der Waals surface area contributed by atoms with Gasteiger partial charge in [-0.15, -0.1) is 0 Å². The molecule has 0 aliphatic carbocycles. The molecule has 1 amide bonds. The molecule has 7 nitrogen and oxygen atoms in total. The summed E-state index contributed by atoms with van der Waals surface area (Å²) in [6.07, 6.45) is 4.73. The number of nitrogens with zero attached hydrogens (tertiary/aromatic N) is 3. The zero-order valence-electron chi connectivity index (χ0n) is 17.8. The smallest absolute Gasteiger partial charge is 0.263 e. The van der Waals surface area contributed by atoms with E-state index in [9.17, 15) is 4.79 Å². The van der Waals surface area contributed by atoms with Gasteiger partial charge in [0.2, 0.25) is 5.91 Å². The maximum absolute atomic E-state index is 12.6. The second-order valence-electron chi connectivity index (χ2n) is 7.57. The molecule has 0 saturated carbocycles. The molecule has 2 heterocycles. The number of aromatic nitrogens is 2. The predicted molar refractivity (Wildman–Crippen MR) is 123 cm³/mol. The highest BCUT2D eigenvalue weighted by molar-refractivity contribution is 6.30. The van der Waals surface area contributed by atoms with Gasteiger partial charge in [0.1, 0.15) is 11.5 Å². The normalized spacial score (nSPS) is 14.1. The van der Waals surface area contributed by atoms with Gasteiger partial charge in [-0.05, 0) is 42.7 Å². The number of halogens is 1. The molecule has 3 aromatic rings. The second kappa shape index (κ2) is 10.3. The first-order valence-electron chi connectivity index (χ1n) is 10.5. The highest BCUT2D eigenvalue weighted by atomic mass is 35.5. The van der Waals surface area contributed by atoms with Gasteiger partial charge in [0.25, 0.3) is 5.88 Å². The second-order valence-corrected chi connectivity index (χ2v) is 8.01. The Labute approximate surface area is 192 Å². The Morgan fingerprint density at radius 3 is 2.56 bits per heavy atom. The highest BCUT2D eigenvalue weighted by Crippen LogP contribution is 2.32. The minimum Gasteiger partial charge on any atom is -0.497 e. The number of nitrogens with one attached hydrogen (secondary N) is 1. The maximum Gasteiger partial charge on any atom is 0.263 e. The van der Waals surface area contributed by atoms with E-state index in [2.05, 4.69) is 20.2 Å².